The molecule has 1 atom stereocenters. The summed E-state index contributed by atoms with van der Waals surface area (Å²) >= 11 is 0. The first kappa shape index (κ1) is 17.5. The van der Waals surface area contributed by atoms with Crippen LogP contribution in [0.2, 0.25) is 0 Å². The van der Waals surface area contributed by atoms with E-state index in [-0.39, 0.29) is 18.9 Å². The van der Waals surface area contributed by atoms with Crippen LogP contribution in [-0.4, -0.2) is 42.1 Å². The summed E-state index contributed by atoms with van der Waals surface area (Å²) in [6.45, 7) is 3.91. The monoisotopic (exact) mass is 342 g/mol. The van der Waals surface area contributed by atoms with Crippen LogP contribution in [0.15, 0.2) is 24.3 Å². The Hall–Kier alpha value is -1.27. The van der Waals surface area contributed by atoms with Crippen LogP contribution in [0.1, 0.15) is 37.7 Å². The first-order chi connectivity index (χ1) is 11.3. The summed E-state index contributed by atoms with van der Waals surface area (Å²) in [7, 11) is 0. The number of nitrogens with one attached hydrogen (secondary N) is 1. The molecule has 2 fully saturated rings. The average molecular weight is 342 g/mol. The topological polar surface area (TPSA) is 35.5 Å². The summed E-state index contributed by atoms with van der Waals surface area (Å²) < 4.78 is 38.6. The second-order valence-electron chi connectivity index (χ2n) is 7.24. The predicted molar refractivity (Wildman–Crippen MR) is 88.2 cm³/mol. The Morgan fingerprint density at radius 1 is 1.17 bits per heavy atom. The molecule has 1 aromatic carbocycles. The molecule has 0 bridgehead atoms. The number of nitrogens with zero attached hydrogens (tertiary/aromatic N) is 1. The molecule has 0 amide bonds. The third-order valence-electron chi connectivity index (χ3n) is 5.37. The molecule has 2 aliphatic rings. The van der Waals surface area contributed by atoms with Crippen LogP contribution in [-0.2, 0) is 0 Å². The number of hydrogen-bond acceptors (Lipinski definition) is 3. The fraction of sp³-hybridized carbons (Fsp3) is 0.667. The van der Waals surface area contributed by atoms with Gasteiger partial charge in [0.25, 0.3) is 0 Å². The molecule has 1 saturated carbocycles. The van der Waals surface area contributed by atoms with Gasteiger partial charge in [-0.15, -0.1) is 0 Å². The van der Waals surface area contributed by atoms with Gasteiger partial charge in [0.15, 0.2) is 5.60 Å². The maximum atomic E-state index is 12.9. The van der Waals surface area contributed by atoms with Crippen molar-refractivity contribution in [3.05, 3.63) is 29.8 Å². The van der Waals surface area contributed by atoms with Crippen LogP contribution >= 0.6 is 0 Å². The van der Waals surface area contributed by atoms with E-state index in [9.17, 15) is 18.3 Å². The van der Waals surface area contributed by atoms with E-state index < -0.39 is 11.8 Å². The molecule has 1 saturated heterocycles. The summed E-state index contributed by atoms with van der Waals surface area (Å²) in [4.78, 5) is 2.32. The van der Waals surface area contributed by atoms with Gasteiger partial charge in [-0.05, 0) is 56.7 Å². The highest BCUT2D eigenvalue weighted by atomic mass is 19.4. The van der Waals surface area contributed by atoms with Crippen molar-refractivity contribution in [2.24, 2.45) is 0 Å². The minimum absolute atomic E-state index is 0.0649. The minimum atomic E-state index is -4.52. The maximum Gasteiger partial charge on any atom is 0.417 e. The quantitative estimate of drug-likeness (QED) is 0.884. The number of halogens is 3. The van der Waals surface area contributed by atoms with Crippen LogP contribution in [0.5, 0.6) is 0 Å². The molecule has 1 aliphatic heterocycles. The molecule has 134 valence electrons. The Morgan fingerprint density at radius 2 is 1.88 bits per heavy atom. The predicted octanol–water partition coefficient (Wildman–Crippen LogP) is 3.40. The van der Waals surface area contributed by atoms with Crippen molar-refractivity contribution < 1.29 is 18.3 Å². The molecule has 3 nitrogen and oxygen atoms in total. The van der Waals surface area contributed by atoms with E-state index in [4.69, 9.17) is 0 Å². The van der Waals surface area contributed by atoms with Crippen molar-refractivity contribution in [2.45, 2.75) is 62.9 Å². The lowest BCUT2D eigenvalue weighted by atomic mass is 9.81. The van der Waals surface area contributed by atoms with Crippen molar-refractivity contribution in [1.29, 1.82) is 0 Å². The van der Waals surface area contributed by atoms with E-state index >= 15 is 0 Å². The van der Waals surface area contributed by atoms with Crippen LogP contribution in [0.3, 0.4) is 0 Å². The molecule has 1 aromatic rings. The lowest BCUT2D eigenvalue weighted by molar-refractivity contribution is -0.270. The van der Waals surface area contributed by atoms with Crippen molar-refractivity contribution in [3.63, 3.8) is 0 Å². The van der Waals surface area contributed by atoms with Crippen molar-refractivity contribution in [2.75, 3.05) is 18.0 Å². The summed E-state index contributed by atoms with van der Waals surface area (Å²) in [5.41, 5.74) is -0.0638. The van der Waals surface area contributed by atoms with Crippen LogP contribution in [0.25, 0.3) is 0 Å². The van der Waals surface area contributed by atoms with Gasteiger partial charge in [0, 0.05) is 30.9 Å². The van der Waals surface area contributed by atoms with Gasteiger partial charge in [-0.25, -0.2) is 0 Å². The van der Waals surface area contributed by atoms with E-state index in [0.717, 1.165) is 19.5 Å². The lowest BCUT2D eigenvalue weighted by Crippen LogP contribution is -2.52. The zero-order valence-corrected chi connectivity index (χ0v) is 13.9. The largest absolute Gasteiger partial charge is 0.417 e. The van der Waals surface area contributed by atoms with Gasteiger partial charge in [-0.3, -0.25) is 0 Å². The molecule has 2 N–H and O–H groups in total. The van der Waals surface area contributed by atoms with Gasteiger partial charge >= 0.3 is 6.18 Å². The molecule has 0 radical (unpaired) electrons. The SMILES string of the molecule is Cc1cccc(N2CCC(NC3CCC(O)(C(F)(F)F)CC3)C2)c1. The standard InChI is InChI=1S/C18H25F3N2O/c1-13-3-2-4-16(11-13)23-10-7-15(12-23)22-14-5-8-17(24,9-6-14)18(19,20)21/h2-4,11,14-15,22,24H,5-10,12H2,1H3. The summed E-state index contributed by atoms with van der Waals surface area (Å²) in [5, 5.41) is 13.2. The smallest absolute Gasteiger partial charge is 0.380 e. The normalized spacial score (nSPS) is 31.5. The first-order valence-corrected chi connectivity index (χ1v) is 8.64. The minimum Gasteiger partial charge on any atom is -0.380 e. The Labute approximate surface area is 140 Å². The molecule has 1 heterocycles. The molecule has 6 heteroatoms. The molecule has 3 rings (SSSR count). The van der Waals surface area contributed by atoms with Crippen LogP contribution < -0.4 is 10.2 Å². The zero-order valence-electron chi connectivity index (χ0n) is 13.9. The van der Waals surface area contributed by atoms with Gasteiger partial charge in [0.2, 0.25) is 0 Å². The van der Waals surface area contributed by atoms with Crippen molar-refractivity contribution >= 4 is 5.69 Å². The molecule has 1 unspecified atom stereocenters. The molecular formula is C18H25F3N2O. The van der Waals surface area contributed by atoms with E-state index in [2.05, 4.69) is 35.3 Å². The van der Waals surface area contributed by atoms with Gasteiger partial charge in [-0.1, -0.05) is 12.1 Å². The van der Waals surface area contributed by atoms with E-state index in [1.54, 1.807) is 0 Å². The van der Waals surface area contributed by atoms with E-state index in [0.29, 0.717) is 18.9 Å². The zero-order chi connectivity index (χ0) is 17.4. The molecule has 24 heavy (non-hydrogen) atoms. The number of benzene rings is 1. The highest BCUT2D eigenvalue weighted by Crippen LogP contribution is 2.41. The lowest BCUT2D eigenvalue weighted by Gasteiger charge is -2.38. The second kappa shape index (κ2) is 6.56. The van der Waals surface area contributed by atoms with E-state index in [1.807, 2.05) is 6.07 Å². The molecular weight excluding hydrogens is 317 g/mol. The number of anilines is 1. The number of rotatable bonds is 3. The summed E-state index contributed by atoms with van der Waals surface area (Å²) in [6.07, 6.45) is -3.19. The number of aliphatic hydroxyl groups is 1. The van der Waals surface area contributed by atoms with E-state index in [1.165, 1.54) is 11.3 Å². The van der Waals surface area contributed by atoms with Crippen molar-refractivity contribution in [1.82, 2.24) is 5.32 Å². The van der Waals surface area contributed by atoms with Gasteiger partial charge in [0.1, 0.15) is 0 Å². The Kier molecular flexibility index (Phi) is 4.80. The number of hydrogen-bond donors (Lipinski definition) is 2. The average Bonchev–Trinajstić information content (AvgIpc) is 2.97. The van der Waals surface area contributed by atoms with Gasteiger partial charge in [-0.2, -0.15) is 13.2 Å². The number of alkyl halides is 3. The third kappa shape index (κ3) is 3.70. The van der Waals surface area contributed by atoms with Gasteiger partial charge < -0.3 is 15.3 Å². The maximum absolute atomic E-state index is 12.9. The van der Waals surface area contributed by atoms with Crippen LogP contribution in [0, 0.1) is 6.92 Å². The number of aryl methyl sites for hydroxylation is 1. The fourth-order valence-electron chi connectivity index (χ4n) is 3.83. The Bertz CT molecular complexity index is 568. The highest BCUT2D eigenvalue weighted by molar-refractivity contribution is 5.49. The van der Waals surface area contributed by atoms with Gasteiger partial charge in [0.05, 0.1) is 0 Å². The highest BCUT2D eigenvalue weighted by Gasteiger charge is 2.54. The molecule has 0 spiro atoms. The van der Waals surface area contributed by atoms with Crippen molar-refractivity contribution in [3.8, 4) is 0 Å². The second-order valence-corrected chi connectivity index (χ2v) is 7.24. The Balaban J connectivity index is 1.50. The first-order valence-electron chi connectivity index (χ1n) is 8.64. The van der Waals surface area contributed by atoms with Crippen LogP contribution in [0.4, 0.5) is 18.9 Å². The summed E-state index contributed by atoms with van der Waals surface area (Å²) in [5.74, 6) is 0. The molecule has 0 aromatic heterocycles. The third-order valence-corrected chi connectivity index (χ3v) is 5.37. The fourth-order valence-corrected chi connectivity index (χ4v) is 3.83. The Morgan fingerprint density at radius 3 is 2.50 bits per heavy atom. The molecule has 1 aliphatic carbocycles. The summed E-state index contributed by atoms with van der Waals surface area (Å²) in [6, 6.07) is 8.73.